The lowest BCUT2D eigenvalue weighted by Gasteiger charge is -2.08. The largest absolute Gasteiger partial charge is 0.452 e. The van der Waals surface area contributed by atoms with E-state index in [1.54, 1.807) is 13.0 Å². The standard InChI is InChI=1S/C17H17N3O7S/c1-11-6-7-14(15(8-11)20(23)24)19-16(21)10-27-17(22)12-4-3-5-13(9-12)28(25,26)18-2/h3-9,18H,10H2,1-2H3,(H,19,21). The lowest BCUT2D eigenvalue weighted by Crippen LogP contribution is -2.22. The van der Waals surface area contributed by atoms with Crippen molar-refractivity contribution in [3.63, 3.8) is 0 Å². The van der Waals surface area contributed by atoms with Crippen molar-refractivity contribution >= 4 is 33.3 Å². The number of aryl methyl sites for hydroxylation is 1. The maximum atomic E-state index is 12.1. The summed E-state index contributed by atoms with van der Waals surface area (Å²) in [7, 11) is -2.51. The van der Waals surface area contributed by atoms with Crippen LogP contribution < -0.4 is 10.0 Å². The molecule has 1 amide bonds. The van der Waals surface area contributed by atoms with Gasteiger partial charge in [-0.05, 0) is 43.8 Å². The zero-order chi connectivity index (χ0) is 20.9. The zero-order valence-corrected chi connectivity index (χ0v) is 15.8. The minimum Gasteiger partial charge on any atom is -0.452 e. The third-order valence-electron chi connectivity index (χ3n) is 3.61. The normalized spacial score (nSPS) is 10.9. The molecule has 0 bridgehead atoms. The van der Waals surface area contributed by atoms with E-state index in [4.69, 9.17) is 4.74 Å². The fourth-order valence-electron chi connectivity index (χ4n) is 2.21. The Hall–Kier alpha value is -3.31. The van der Waals surface area contributed by atoms with Crippen LogP contribution in [0.15, 0.2) is 47.4 Å². The molecule has 10 nitrogen and oxygen atoms in total. The molecule has 11 heteroatoms. The first-order chi connectivity index (χ1) is 13.1. The Morgan fingerprint density at radius 3 is 2.54 bits per heavy atom. The number of nitro benzene ring substituents is 1. The minimum atomic E-state index is -3.74. The van der Waals surface area contributed by atoms with Crippen LogP contribution in [0.1, 0.15) is 15.9 Å². The fourth-order valence-corrected chi connectivity index (χ4v) is 2.98. The van der Waals surface area contributed by atoms with Crippen LogP contribution in [0.25, 0.3) is 0 Å². The van der Waals surface area contributed by atoms with Crippen molar-refractivity contribution in [3.8, 4) is 0 Å². The first-order valence-corrected chi connectivity index (χ1v) is 9.38. The summed E-state index contributed by atoms with van der Waals surface area (Å²) in [6.07, 6.45) is 0. The molecular weight excluding hydrogens is 390 g/mol. The van der Waals surface area contributed by atoms with Crippen LogP contribution in [-0.2, 0) is 19.6 Å². The molecule has 0 atom stereocenters. The van der Waals surface area contributed by atoms with Crippen molar-refractivity contribution in [1.82, 2.24) is 4.72 Å². The Labute approximate surface area is 160 Å². The number of nitrogens with one attached hydrogen (secondary N) is 2. The van der Waals surface area contributed by atoms with Crippen molar-refractivity contribution in [3.05, 3.63) is 63.7 Å². The van der Waals surface area contributed by atoms with Gasteiger partial charge in [-0.3, -0.25) is 14.9 Å². The van der Waals surface area contributed by atoms with Crippen LogP contribution in [0.3, 0.4) is 0 Å². The number of rotatable bonds is 7. The highest BCUT2D eigenvalue weighted by molar-refractivity contribution is 7.89. The maximum absolute atomic E-state index is 12.1. The minimum absolute atomic E-state index is 0.0289. The second-order valence-electron chi connectivity index (χ2n) is 5.64. The number of carbonyl (C=O) groups excluding carboxylic acids is 2. The summed E-state index contributed by atoms with van der Waals surface area (Å²) in [6, 6.07) is 9.36. The average molecular weight is 407 g/mol. The van der Waals surface area contributed by atoms with Gasteiger partial charge in [0, 0.05) is 6.07 Å². The van der Waals surface area contributed by atoms with Crippen LogP contribution >= 0.6 is 0 Å². The van der Waals surface area contributed by atoms with E-state index in [0.29, 0.717) is 5.56 Å². The number of nitro groups is 1. The highest BCUT2D eigenvalue weighted by Crippen LogP contribution is 2.25. The smallest absolute Gasteiger partial charge is 0.338 e. The number of esters is 1. The van der Waals surface area contributed by atoms with Crippen LogP contribution in [-0.4, -0.2) is 38.9 Å². The van der Waals surface area contributed by atoms with Gasteiger partial charge in [0.15, 0.2) is 6.61 Å². The van der Waals surface area contributed by atoms with Gasteiger partial charge < -0.3 is 10.1 Å². The molecule has 0 fully saturated rings. The third-order valence-corrected chi connectivity index (χ3v) is 5.02. The summed E-state index contributed by atoms with van der Waals surface area (Å²) in [5, 5.41) is 13.4. The van der Waals surface area contributed by atoms with Gasteiger partial charge in [0.25, 0.3) is 11.6 Å². The van der Waals surface area contributed by atoms with Gasteiger partial charge >= 0.3 is 5.97 Å². The van der Waals surface area contributed by atoms with E-state index in [1.807, 2.05) is 0 Å². The van der Waals surface area contributed by atoms with E-state index < -0.39 is 33.4 Å². The lowest BCUT2D eigenvalue weighted by atomic mass is 10.2. The average Bonchev–Trinajstić information content (AvgIpc) is 2.67. The summed E-state index contributed by atoms with van der Waals surface area (Å²) in [5.41, 5.74) is 0.265. The first kappa shape index (κ1) is 21.0. The molecule has 0 unspecified atom stereocenters. The number of carbonyl (C=O) groups is 2. The monoisotopic (exact) mass is 407 g/mol. The third kappa shape index (κ3) is 5.11. The number of hydrogen-bond donors (Lipinski definition) is 2. The number of sulfonamides is 1. The number of benzene rings is 2. The summed E-state index contributed by atoms with van der Waals surface area (Å²) in [6.45, 7) is 0.968. The molecule has 0 saturated heterocycles. The van der Waals surface area contributed by atoms with Crippen molar-refractivity contribution in [2.75, 3.05) is 19.0 Å². The molecule has 2 aromatic rings. The van der Waals surface area contributed by atoms with E-state index in [-0.39, 0.29) is 21.8 Å². The molecule has 0 radical (unpaired) electrons. The maximum Gasteiger partial charge on any atom is 0.338 e. The van der Waals surface area contributed by atoms with Crippen LogP contribution in [0.2, 0.25) is 0 Å². The van der Waals surface area contributed by atoms with E-state index in [9.17, 15) is 28.1 Å². The molecule has 0 aliphatic carbocycles. The van der Waals surface area contributed by atoms with Crippen LogP contribution in [0.5, 0.6) is 0 Å². The zero-order valence-electron chi connectivity index (χ0n) is 15.0. The number of hydrogen-bond acceptors (Lipinski definition) is 7. The quantitative estimate of drug-likeness (QED) is 0.403. The van der Waals surface area contributed by atoms with Gasteiger partial charge in [0.2, 0.25) is 10.0 Å². The second-order valence-corrected chi connectivity index (χ2v) is 7.52. The second kappa shape index (κ2) is 8.59. The molecule has 0 aromatic heterocycles. The van der Waals surface area contributed by atoms with E-state index >= 15 is 0 Å². The predicted molar refractivity (Wildman–Crippen MR) is 99.4 cm³/mol. The summed E-state index contributed by atoms with van der Waals surface area (Å²) in [4.78, 5) is 34.3. The van der Waals surface area contributed by atoms with Crippen LogP contribution in [0, 0.1) is 17.0 Å². The van der Waals surface area contributed by atoms with Crippen LogP contribution in [0.4, 0.5) is 11.4 Å². The SMILES string of the molecule is CNS(=O)(=O)c1cccc(C(=O)OCC(=O)Nc2ccc(C)cc2[N+](=O)[O-])c1. The van der Waals surface area contributed by atoms with Gasteiger partial charge in [-0.2, -0.15) is 0 Å². The Morgan fingerprint density at radius 2 is 1.89 bits per heavy atom. The van der Waals surface area contributed by atoms with Gasteiger partial charge in [-0.15, -0.1) is 0 Å². The molecule has 2 rings (SSSR count). The fraction of sp³-hybridized carbons (Fsp3) is 0.176. The molecule has 0 spiro atoms. The van der Waals surface area contributed by atoms with Crippen molar-refractivity contribution in [2.45, 2.75) is 11.8 Å². The highest BCUT2D eigenvalue weighted by atomic mass is 32.2. The van der Waals surface area contributed by atoms with Gasteiger partial charge in [-0.25, -0.2) is 17.9 Å². The Kier molecular flexibility index (Phi) is 6.44. The van der Waals surface area contributed by atoms with Crippen molar-refractivity contribution < 1.29 is 27.7 Å². The Bertz CT molecular complexity index is 1030. The molecule has 2 aromatic carbocycles. The van der Waals surface area contributed by atoms with Gasteiger partial charge in [0.1, 0.15) is 5.69 Å². The van der Waals surface area contributed by atoms with Crippen molar-refractivity contribution in [2.24, 2.45) is 0 Å². The molecule has 28 heavy (non-hydrogen) atoms. The van der Waals surface area contributed by atoms with Gasteiger partial charge in [-0.1, -0.05) is 12.1 Å². The number of amides is 1. The van der Waals surface area contributed by atoms with Crippen molar-refractivity contribution in [1.29, 1.82) is 0 Å². The van der Waals surface area contributed by atoms with E-state index in [2.05, 4.69) is 10.0 Å². The molecule has 0 heterocycles. The summed E-state index contributed by atoms with van der Waals surface area (Å²) in [5.74, 6) is -1.69. The predicted octanol–water partition coefficient (Wildman–Crippen LogP) is 1.61. The molecule has 0 aliphatic rings. The Balaban J connectivity index is 2.05. The molecule has 2 N–H and O–H groups in total. The molecule has 0 aliphatic heterocycles. The van der Waals surface area contributed by atoms with E-state index in [1.165, 1.54) is 37.4 Å². The summed E-state index contributed by atoms with van der Waals surface area (Å²) < 4.78 is 30.5. The first-order valence-electron chi connectivity index (χ1n) is 7.89. The number of nitrogens with zero attached hydrogens (tertiary/aromatic N) is 1. The number of ether oxygens (including phenoxy) is 1. The van der Waals surface area contributed by atoms with E-state index in [0.717, 1.165) is 6.07 Å². The molecule has 0 saturated carbocycles. The molecular formula is C17H17N3O7S. The highest BCUT2D eigenvalue weighted by Gasteiger charge is 2.18. The summed E-state index contributed by atoms with van der Waals surface area (Å²) >= 11 is 0. The number of anilines is 1. The lowest BCUT2D eigenvalue weighted by molar-refractivity contribution is -0.384. The molecule has 148 valence electrons. The Morgan fingerprint density at radius 1 is 1.18 bits per heavy atom. The van der Waals surface area contributed by atoms with Gasteiger partial charge in [0.05, 0.1) is 15.4 Å². The topological polar surface area (TPSA) is 145 Å².